The Labute approximate surface area is 186 Å². The van der Waals surface area contributed by atoms with Crippen molar-refractivity contribution in [2.75, 3.05) is 13.1 Å². The Hall–Kier alpha value is -3.58. The zero-order valence-electron chi connectivity index (χ0n) is 18.5. The number of aliphatic imine (C=N–C) groups is 2. The van der Waals surface area contributed by atoms with Gasteiger partial charge in [-0.2, -0.15) is 0 Å². The number of carboxylic acid groups (broad SMARTS) is 2. The Bertz CT molecular complexity index is 604. The molecule has 0 spiro atoms. The van der Waals surface area contributed by atoms with Crippen LogP contribution in [-0.4, -0.2) is 71.1 Å². The number of rotatable bonds is 14. The van der Waals surface area contributed by atoms with Gasteiger partial charge >= 0.3 is 11.9 Å². The quantitative estimate of drug-likeness (QED) is 0.0805. The summed E-state index contributed by atoms with van der Waals surface area (Å²) in [5.41, 5.74) is 20.5. The summed E-state index contributed by atoms with van der Waals surface area (Å²) in [6.07, 6.45) is 3.37. The number of hydrogen-bond acceptors (Lipinski definition) is 6. The average Bonchev–Trinajstić information content (AvgIpc) is 2.64. The summed E-state index contributed by atoms with van der Waals surface area (Å²) in [5.74, 6) is -2.71. The normalized spacial score (nSPS) is 11.6. The van der Waals surface area contributed by atoms with Gasteiger partial charge in [0.05, 0.1) is 0 Å². The van der Waals surface area contributed by atoms with Gasteiger partial charge < -0.3 is 43.8 Å². The van der Waals surface area contributed by atoms with Crippen molar-refractivity contribution in [3.8, 4) is 0 Å². The van der Waals surface area contributed by atoms with E-state index in [2.05, 4.69) is 20.6 Å². The number of aliphatic carboxylic acids is 2. The number of unbranched alkanes of at least 4 members (excludes halogenated alkanes) is 2. The molecular weight excluding hydrogens is 424 g/mol. The highest BCUT2D eigenvalue weighted by Crippen LogP contribution is 2.02. The van der Waals surface area contributed by atoms with Crippen LogP contribution in [-0.2, 0) is 19.2 Å². The number of hydrogen-bond donors (Lipinski definition) is 8. The third-order valence-electron chi connectivity index (χ3n) is 3.74. The van der Waals surface area contributed by atoms with Gasteiger partial charge in [0.2, 0.25) is 11.8 Å². The number of carboxylic acids is 2. The molecule has 0 aliphatic rings. The van der Waals surface area contributed by atoms with E-state index in [0.29, 0.717) is 51.6 Å². The topological polar surface area (TPSA) is 262 Å². The number of guanidine groups is 2. The molecule has 184 valence electrons. The van der Waals surface area contributed by atoms with Crippen LogP contribution in [0, 0.1) is 0 Å². The smallest absolute Gasteiger partial charge is 0.326 e. The Balaban J connectivity index is 0. The first kappa shape index (κ1) is 30.6. The molecule has 0 aromatic carbocycles. The number of nitrogens with two attached hydrogens (primary N) is 4. The van der Waals surface area contributed by atoms with Crippen molar-refractivity contribution in [3.05, 3.63) is 0 Å². The number of carbonyl (C=O) groups excluding carboxylic acids is 2. The fourth-order valence-electron chi connectivity index (χ4n) is 2.34. The minimum atomic E-state index is -1.03. The molecule has 12 N–H and O–H groups in total. The molecule has 14 heteroatoms. The molecule has 0 unspecified atom stereocenters. The molecule has 32 heavy (non-hydrogen) atoms. The van der Waals surface area contributed by atoms with Crippen molar-refractivity contribution in [2.24, 2.45) is 32.9 Å². The van der Waals surface area contributed by atoms with Crippen LogP contribution >= 0.6 is 0 Å². The van der Waals surface area contributed by atoms with Gasteiger partial charge in [-0.15, -0.1) is 0 Å². The van der Waals surface area contributed by atoms with Crippen molar-refractivity contribution < 1.29 is 29.4 Å². The highest BCUT2D eigenvalue weighted by atomic mass is 16.4. The SMILES string of the molecule is CC(=O)N[C@@H](CCCCN=C(N)N)C(=O)O.CC(=O)N[C@@H](CCCCN=C(N)N)C(=O)O. The van der Waals surface area contributed by atoms with Crippen molar-refractivity contribution in [3.63, 3.8) is 0 Å². The van der Waals surface area contributed by atoms with E-state index in [9.17, 15) is 19.2 Å². The van der Waals surface area contributed by atoms with Gasteiger partial charge in [-0.3, -0.25) is 19.6 Å². The Morgan fingerprint density at radius 1 is 0.688 bits per heavy atom. The van der Waals surface area contributed by atoms with Crippen LogP contribution in [0.15, 0.2) is 9.98 Å². The summed E-state index contributed by atoms with van der Waals surface area (Å²) in [6, 6.07) is -1.67. The first-order valence-electron chi connectivity index (χ1n) is 9.97. The van der Waals surface area contributed by atoms with Crippen molar-refractivity contribution >= 4 is 35.7 Å². The average molecular weight is 461 g/mol. The van der Waals surface area contributed by atoms with Gasteiger partial charge in [0.25, 0.3) is 0 Å². The van der Waals surface area contributed by atoms with Gasteiger partial charge in [0.1, 0.15) is 12.1 Å². The molecule has 2 amide bonds. The first-order chi connectivity index (χ1) is 14.9. The van der Waals surface area contributed by atoms with Crippen LogP contribution in [0.1, 0.15) is 52.4 Å². The lowest BCUT2D eigenvalue weighted by molar-refractivity contribution is -0.142. The highest BCUT2D eigenvalue weighted by Gasteiger charge is 2.17. The summed E-state index contributed by atoms with van der Waals surface area (Å²) in [6.45, 7) is 3.51. The van der Waals surface area contributed by atoms with E-state index in [1.165, 1.54) is 13.8 Å². The number of carbonyl (C=O) groups is 4. The summed E-state index contributed by atoms with van der Waals surface area (Å²) < 4.78 is 0. The third kappa shape index (κ3) is 21.1. The van der Waals surface area contributed by atoms with E-state index in [-0.39, 0.29) is 23.7 Å². The Morgan fingerprint density at radius 3 is 1.22 bits per heavy atom. The number of nitrogens with one attached hydrogen (secondary N) is 2. The van der Waals surface area contributed by atoms with E-state index in [1.54, 1.807) is 0 Å². The lowest BCUT2D eigenvalue weighted by atomic mass is 10.1. The van der Waals surface area contributed by atoms with E-state index in [0.717, 1.165) is 0 Å². The molecule has 14 nitrogen and oxygen atoms in total. The summed E-state index contributed by atoms with van der Waals surface area (Å²) >= 11 is 0. The van der Waals surface area contributed by atoms with E-state index in [1.807, 2.05) is 0 Å². The molecule has 0 aromatic heterocycles. The van der Waals surface area contributed by atoms with Crippen molar-refractivity contribution in [2.45, 2.75) is 64.5 Å². The molecular formula is C18H36N8O6. The van der Waals surface area contributed by atoms with Gasteiger partial charge in [-0.25, -0.2) is 9.59 Å². The van der Waals surface area contributed by atoms with Crippen LogP contribution in [0.3, 0.4) is 0 Å². The molecule has 0 aliphatic carbocycles. The predicted molar refractivity (Wildman–Crippen MR) is 120 cm³/mol. The van der Waals surface area contributed by atoms with E-state index in [4.69, 9.17) is 33.1 Å². The zero-order valence-corrected chi connectivity index (χ0v) is 18.5. The minimum Gasteiger partial charge on any atom is -0.480 e. The molecule has 0 radical (unpaired) electrons. The van der Waals surface area contributed by atoms with Gasteiger partial charge in [0.15, 0.2) is 11.9 Å². The Morgan fingerprint density at radius 2 is 1.00 bits per heavy atom. The monoisotopic (exact) mass is 460 g/mol. The second kappa shape index (κ2) is 18.2. The lowest BCUT2D eigenvalue weighted by Crippen LogP contribution is -2.39. The van der Waals surface area contributed by atoms with E-state index >= 15 is 0 Å². The second-order valence-corrected chi connectivity index (χ2v) is 6.79. The second-order valence-electron chi connectivity index (χ2n) is 6.79. The molecule has 0 heterocycles. The molecule has 0 bridgehead atoms. The molecule has 0 rings (SSSR count). The standard InChI is InChI=1S/2C9H18N4O3/c2*1-6(14)13-7(8(15)16)4-2-3-5-12-9(10)11/h2*7H,2-5H2,1H3,(H,13,14)(H,15,16)(H4,10,11,12)/t2*7-/m00/s1. The first-order valence-corrected chi connectivity index (χ1v) is 9.97. The maximum atomic E-state index is 10.7. The molecule has 0 saturated heterocycles. The molecule has 0 saturated carbocycles. The van der Waals surface area contributed by atoms with E-state index < -0.39 is 24.0 Å². The van der Waals surface area contributed by atoms with Gasteiger partial charge in [-0.1, -0.05) is 0 Å². The van der Waals surface area contributed by atoms with Crippen molar-refractivity contribution in [1.82, 2.24) is 10.6 Å². The predicted octanol–water partition coefficient (Wildman–Crippen LogP) is -1.96. The van der Waals surface area contributed by atoms with Crippen LogP contribution in [0.2, 0.25) is 0 Å². The minimum absolute atomic E-state index is 0.0247. The maximum absolute atomic E-state index is 10.7. The Kier molecular flexibility index (Phi) is 17.4. The fraction of sp³-hybridized carbons (Fsp3) is 0.667. The number of nitrogens with zero attached hydrogens (tertiary/aromatic N) is 2. The molecule has 0 aromatic rings. The fourth-order valence-corrected chi connectivity index (χ4v) is 2.34. The number of amides is 2. The van der Waals surface area contributed by atoms with Crippen LogP contribution in [0.4, 0.5) is 0 Å². The van der Waals surface area contributed by atoms with Crippen LogP contribution in [0.5, 0.6) is 0 Å². The van der Waals surface area contributed by atoms with Crippen LogP contribution < -0.4 is 33.6 Å². The van der Waals surface area contributed by atoms with Gasteiger partial charge in [-0.05, 0) is 38.5 Å². The largest absolute Gasteiger partial charge is 0.480 e. The third-order valence-corrected chi connectivity index (χ3v) is 3.74. The molecule has 2 atom stereocenters. The van der Waals surface area contributed by atoms with Crippen LogP contribution in [0.25, 0.3) is 0 Å². The lowest BCUT2D eigenvalue weighted by Gasteiger charge is -2.12. The van der Waals surface area contributed by atoms with Gasteiger partial charge in [0, 0.05) is 26.9 Å². The summed E-state index contributed by atoms with van der Waals surface area (Å²) in [4.78, 5) is 50.4. The molecule has 0 aliphatic heterocycles. The summed E-state index contributed by atoms with van der Waals surface area (Å²) in [5, 5.41) is 22.3. The zero-order chi connectivity index (χ0) is 25.1. The molecule has 0 fully saturated rings. The highest BCUT2D eigenvalue weighted by molar-refractivity contribution is 5.82. The summed E-state index contributed by atoms with van der Waals surface area (Å²) in [7, 11) is 0. The maximum Gasteiger partial charge on any atom is 0.326 e. The van der Waals surface area contributed by atoms with Crippen molar-refractivity contribution in [1.29, 1.82) is 0 Å².